The number of nitrogens with zero attached hydrogens (tertiary/aromatic N) is 5. The Morgan fingerprint density at radius 2 is 2.05 bits per heavy atom. The van der Waals surface area contributed by atoms with E-state index in [-0.39, 0.29) is 11.6 Å². The zero-order chi connectivity index (χ0) is 15.5. The van der Waals surface area contributed by atoms with E-state index in [2.05, 4.69) is 15.1 Å². The van der Waals surface area contributed by atoms with Gasteiger partial charge in [0.25, 0.3) is 0 Å². The molecule has 0 amide bonds. The lowest BCUT2D eigenvalue weighted by Crippen LogP contribution is -2.00. The van der Waals surface area contributed by atoms with Gasteiger partial charge in [0.1, 0.15) is 12.5 Å². The summed E-state index contributed by atoms with van der Waals surface area (Å²) in [4.78, 5) is 17.8. The number of ether oxygens (including phenoxy) is 1. The lowest BCUT2D eigenvalue weighted by molar-refractivity contribution is -0.386. The average molecular weight is 297 g/mol. The van der Waals surface area contributed by atoms with Crippen molar-refractivity contribution in [1.82, 2.24) is 19.7 Å². The first-order valence-corrected chi connectivity index (χ1v) is 6.37. The molecule has 0 saturated carbocycles. The van der Waals surface area contributed by atoms with Gasteiger partial charge in [-0.05, 0) is 0 Å². The SMILES string of the molecule is Cn1nc(-c2ccccc2)cc1Oc1ncncc1[N+](=O)[O-]. The van der Waals surface area contributed by atoms with Crippen molar-refractivity contribution in [3.05, 3.63) is 59.0 Å². The summed E-state index contributed by atoms with van der Waals surface area (Å²) >= 11 is 0. The van der Waals surface area contributed by atoms with E-state index in [9.17, 15) is 10.1 Å². The molecule has 0 unspecified atom stereocenters. The van der Waals surface area contributed by atoms with Crippen LogP contribution in [0.15, 0.2) is 48.9 Å². The van der Waals surface area contributed by atoms with E-state index < -0.39 is 4.92 Å². The van der Waals surface area contributed by atoms with Gasteiger partial charge in [0.15, 0.2) is 0 Å². The number of hydrogen-bond acceptors (Lipinski definition) is 6. The molecule has 0 aliphatic heterocycles. The zero-order valence-corrected chi connectivity index (χ0v) is 11.6. The van der Waals surface area contributed by atoms with Gasteiger partial charge in [-0.3, -0.25) is 10.1 Å². The highest BCUT2D eigenvalue weighted by Gasteiger charge is 2.19. The molecule has 8 nitrogen and oxygen atoms in total. The first-order valence-electron chi connectivity index (χ1n) is 6.37. The molecule has 0 radical (unpaired) electrons. The highest BCUT2D eigenvalue weighted by Crippen LogP contribution is 2.30. The van der Waals surface area contributed by atoms with Crippen LogP contribution < -0.4 is 4.74 Å². The van der Waals surface area contributed by atoms with E-state index in [0.29, 0.717) is 11.6 Å². The van der Waals surface area contributed by atoms with E-state index in [1.165, 1.54) is 11.0 Å². The van der Waals surface area contributed by atoms with Crippen LogP contribution in [0.5, 0.6) is 11.8 Å². The molecule has 0 saturated heterocycles. The van der Waals surface area contributed by atoms with Gasteiger partial charge >= 0.3 is 11.6 Å². The third-order valence-corrected chi connectivity index (χ3v) is 2.96. The fraction of sp³-hybridized carbons (Fsp3) is 0.0714. The Labute approximate surface area is 125 Å². The van der Waals surface area contributed by atoms with E-state index in [0.717, 1.165) is 11.8 Å². The van der Waals surface area contributed by atoms with Gasteiger partial charge in [-0.15, -0.1) is 0 Å². The molecule has 0 spiro atoms. The van der Waals surface area contributed by atoms with Crippen LogP contribution in [0.4, 0.5) is 5.69 Å². The zero-order valence-electron chi connectivity index (χ0n) is 11.6. The molecule has 0 bridgehead atoms. The molecule has 2 aromatic heterocycles. The Morgan fingerprint density at radius 3 is 2.77 bits per heavy atom. The number of hydrogen-bond donors (Lipinski definition) is 0. The van der Waals surface area contributed by atoms with E-state index >= 15 is 0 Å². The van der Waals surface area contributed by atoms with Crippen LogP contribution in [-0.2, 0) is 7.05 Å². The largest absolute Gasteiger partial charge is 0.415 e. The van der Waals surface area contributed by atoms with Crippen molar-refractivity contribution < 1.29 is 9.66 Å². The van der Waals surface area contributed by atoms with E-state index in [1.54, 1.807) is 13.1 Å². The molecule has 1 aromatic carbocycles. The van der Waals surface area contributed by atoms with Crippen molar-refractivity contribution in [1.29, 1.82) is 0 Å². The monoisotopic (exact) mass is 297 g/mol. The number of rotatable bonds is 4. The predicted octanol–water partition coefficient (Wildman–Crippen LogP) is 2.58. The molecular formula is C14H11N5O3. The van der Waals surface area contributed by atoms with Crippen LogP contribution in [0, 0.1) is 10.1 Å². The molecule has 110 valence electrons. The second kappa shape index (κ2) is 5.60. The molecule has 0 aliphatic carbocycles. The Kier molecular flexibility index (Phi) is 3.48. The second-order valence-electron chi connectivity index (χ2n) is 4.43. The first-order chi connectivity index (χ1) is 10.6. The van der Waals surface area contributed by atoms with Gasteiger partial charge in [0, 0.05) is 18.7 Å². The minimum atomic E-state index is -0.593. The van der Waals surface area contributed by atoms with Gasteiger partial charge < -0.3 is 4.74 Å². The minimum Gasteiger partial charge on any atom is -0.415 e. The van der Waals surface area contributed by atoms with Crippen LogP contribution in [0.1, 0.15) is 0 Å². The van der Waals surface area contributed by atoms with Gasteiger partial charge in [0.2, 0.25) is 5.88 Å². The standard InChI is InChI=1S/C14H11N5O3/c1-18-13(7-11(17-18)10-5-3-2-4-6-10)22-14-12(19(20)21)8-15-9-16-14/h2-9H,1H3. The van der Waals surface area contributed by atoms with Crippen molar-refractivity contribution >= 4 is 5.69 Å². The maximum absolute atomic E-state index is 10.9. The van der Waals surface area contributed by atoms with Crippen LogP contribution in [0.2, 0.25) is 0 Å². The molecule has 0 atom stereocenters. The maximum atomic E-state index is 10.9. The Morgan fingerprint density at radius 1 is 1.27 bits per heavy atom. The van der Waals surface area contributed by atoms with Crippen molar-refractivity contribution in [2.24, 2.45) is 7.05 Å². The summed E-state index contributed by atoms with van der Waals surface area (Å²) in [5.74, 6) is 0.225. The summed E-state index contributed by atoms with van der Waals surface area (Å²) in [6.07, 6.45) is 2.29. The summed E-state index contributed by atoms with van der Waals surface area (Å²) in [6, 6.07) is 11.2. The van der Waals surface area contributed by atoms with Crippen LogP contribution in [-0.4, -0.2) is 24.7 Å². The molecule has 0 N–H and O–H groups in total. The molecule has 8 heteroatoms. The van der Waals surface area contributed by atoms with Crippen LogP contribution in [0.25, 0.3) is 11.3 Å². The summed E-state index contributed by atoms with van der Waals surface area (Å²) in [6.45, 7) is 0. The molecule has 0 aliphatic rings. The predicted molar refractivity (Wildman–Crippen MR) is 77.4 cm³/mol. The topological polar surface area (TPSA) is 96.0 Å². The molecular weight excluding hydrogens is 286 g/mol. The quantitative estimate of drug-likeness (QED) is 0.542. The lowest BCUT2D eigenvalue weighted by atomic mass is 10.2. The van der Waals surface area contributed by atoms with Gasteiger partial charge in [-0.1, -0.05) is 30.3 Å². The number of aryl methyl sites for hydroxylation is 1. The molecule has 3 rings (SSSR count). The Balaban J connectivity index is 1.94. The Bertz CT molecular complexity index is 816. The highest BCUT2D eigenvalue weighted by atomic mass is 16.6. The second-order valence-corrected chi connectivity index (χ2v) is 4.43. The van der Waals surface area contributed by atoms with E-state index in [1.807, 2.05) is 30.3 Å². The fourth-order valence-corrected chi connectivity index (χ4v) is 1.91. The molecule has 2 heterocycles. The summed E-state index contributed by atoms with van der Waals surface area (Å²) in [7, 11) is 1.69. The van der Waals surface area contributed by atoms with E-state index in [4.69, 9.17) is 4.74 Å². The van der Waals surface area contributed by atoms with Gasteiger partial charge in [-0.2, -0.15) is 10.1 Å². The van der Waals surface area contributed by atoms with Crippen molar-refractivity contribution in [3.63, 3.8) is 0 Å². The van der Waals surface area contributed by atoms with Crippen LogP contribution >= 0.6 is 0 Å². The molecule has 0 fully saturated rings. The third kappa shape index (κ3) is 2.62. The molecule has 22 heavy (non-hydrogen) atoms. The number of nitro groups is 1. The Hall–Kier alpha value is -3.29. The van der Waals surface area contributed by atoms with Gasteiger partial charge in [-0.25, -0.2) is 9.67 Å². The third-order valence-electron chi connectivity index (χ3n) is 2.96. The summed E-state index contributed by atoms with van der Waals surface area (Å²) in [5, 5.41) is 15.3. The van der Waals surface area contributed by atoms with Crippen molar-refractivity contribution in [2.45, 2.75) is 0 Å². The summed E-state index contributed by atoms with van der Waals surface area (Å²) < 4.78 is 7.01. The highest BCUT2D eigenvalue weighted by molar-refractivity contribution is 5.60. The van der Waals surface area contributed by atoms with Crippen molar-refractivity contribution in [2.75, 3.05) is 0 Å². The maximum Gasteiger partial charge on any atom is 0.349 e. The molecule has 3 aromatic rings. The lowest BCUT2D eigenvalue weighted by Gasteiger charge is -2.03. The van der Waals surface area contributed by atoms with Crippen molar-refractivity contribution in [3.8, 4) is 23.0 Å². The first kappa shape index (κ1) is 13.7. The normalized spacial score (nSPS) is 10.4. The smallest absolute Gasteiger partial charge is 0.349 e. The summed E-state index contributed by atoms with van der Waals surface area (Å²) in [5.41, 5.74) is 1.32. The number of benzene rings is 1. The van der Waals surface area contributed by atoms with Crippen LogP contribution in [0.3, 0.4) is 0 Å². The fourth-order valence-electron chi connectivity index (χ4n) is 1.91. The average Bonchev–Trinajstić information content (AvgIpc) is 2.90. The minimum absolute atomic E-state index is 0.123. The van der Waals surface area contributed by atoms with Gasteiger partial charge in [0.05, 0.1) is 10.6 Å². The number of aromatic nitrogens is 4.